The minimum absolute atomic E-state index is 0.270. The number of rotatable bonds is 7. The molecule has 1 aromatic rings. The van der Waals surface area contributed by atoms with Gasteiger partial charge in [0.15, 0.2) is 0 Å². The molecule has 0 saturated carbocycles. The molecular formula is C13H20BrFN2O2S. The van der Waals surface area contributed by atoms with E-state index < -0.39 is 15.8 Å². The Labute approximate surface area is 128 Å². The van der Waals surface area contributed by atoms with E-state index in [1.807, 2.05) is 25.9 Å². The van der Waals surface area contributed by atoms with Crippen molar-refractivity contribution in [1.82, 2.24) is 9.21 Å². The Kier molecular flexibility index (Phi) is 6.57. The molecule has 0 aliphatic heterocycles. The SMILES string of the molecule is CCCN(CCN(C)C)S(=O)(=O)c1ccc(Br)cc1F. The molecule has 0 saturated heterocycles. The zero-order valence-corrected chi connectivity index (χ0v) is 14.3. The van der Waals surface area contributed by atoms with Crippen LogP contribution in [0.2, 0.25) is 0 Å². The summed E-state index contributed by atoms with van der Waals surface area (Å²) >= 11 is 3.13. The third-order valence-corrected chi connectivity index (χ3v) is 5.21. The van der Waals surface area contributed by atoms with Gasteiger partial charge < -0.3 is 4.90 Å². The van der Waals surface area contributed by atoms with Gasteiger partial charge in [-0.15, -0.1) is 0 Å². The molecule has 0 N–H and O–H groups in total. The highest BCUT2D eigenvalue weighted by Crippen LogP contribution is 2.22. The van der Waals surface area contributed by atoms with Gasteiger partial charge in [-0.3, -0.25) is 0 Å². The molecule has 1 aromatic carbocycles. The maximum absolute atomic E-state index is 13.9. The summed E-state index contributed by atoms with van der Waals surface area (Å²) in [4.78, 5) is 1.63. The van der Waals surface area contributed by atoms with Crippen LogP contribution in [0.5, 0.6) is 0 Å². The lowest BCUT2D eigenvalue weighted by molar-refractivity contribution is 0.332. The van der Waals surface area contributed by atoms with E-state index in [0.29, 0.717) is 30.5 Å². The average Bonchev–Trinajstić information content (AvgIpc) is 2.33. The zero-order valence-electron chi connectivity index (χ0n) is 11.9. The Morgan fingerprint density at radius 2 is 1.85 bits per heavy atom. The van der Waals surface area contributed by atoms with Gasteiger partial charge >= 0.3 is 0 Å². The number of sulfonamides is 1. The van der Waals surface area contributed by atoms with Crippen LogP contribution >= 0.6 is 15.9 Å². The second kappa shape index (κ2) is 7.49. The molecule has 0 spiro atoms. The van der Waals surface area contributed by atoms with Gasteiger partial charge in [-0.2, -0.15) is 4.31 Å². The highest BCUT2D eigenvalue weighted by atomic mass is 79.9. The second-order valence-electron chi connectivity index (χ2n) is 4.78. The minimum atomic E-state index is -3.80. The van der Waals surface area contributed by atoms with Crippen molar-refractivity contribution in [2.24, 2.45) is 0 Å². The van der Waals surface area contributed by atoms with E-state index in [2.05, 4.69) is 15.9 Å². The highest BCUT2D eigenvalue weighted by molar-refractivity contribution is 9.10. The van der Waals surface area contributed by atoms with Gasteiger partial charge in [-0.25, -0.2) is 12.8 Å². The molecule has 0 radical (unpaired) electrons. The summed E-state index contributed by atoms with van der Waals surface area (Å²) in [5.74, 6) is -0.731. The van der Waals surface area contributed by atoms with Crippen LogP contribution in [-0.4, -0.2) is 51.4 Å². The number of nitrogens with zero attached hydrogens (tertiary/aromatic N) is 2. The lowest BCUT2D eigenvalue weighted by Crippen LogP contribution is -2.37. The first kappa shape index (κ1) is 17.6. The molecule has 0 aliphatic rings. The molecule has 0 atom stereocenters. The lowest BCUT2D eigenvalue weighted by Gasteiger charge is -2.23. The Balaban J connectivity index is 3.08. The van der Waals surface area contributed by atoms with Gasteiger partial charge in [0.25, 0.3) is 0 Å². The van der Waals surface area contributed by atoms with Crippen LogP contribution in [0.3, 0.4) is 0 Å². The summed E-state index contributed by atoms with van der Waals surface area (Å²) in [5, 5.41) is 0. The zero-order chi connectivity index (χ0) is 15.3. The first-order valence-electron chi connectivity index (χ1n) is 6.39. The van der Waals surface area contributed by atoms with E-state index in [9.17, 15) is 12.8 Å². The fourth-order valence-electron chi connectivity index (χ4n) is 1.74. The van der Waals surface area contributed by atoms with Crippen molar-refractivity contribution in [3.8, 4) is 0 Å². The van der Waals surface area contributed by atoms with Gasteiger partial charge in [0, 0.05) is 24.1 Å². The lowest BCUT2D eigenvalue weighted by atomic mass is 10.3. The van der Waals surface area contributed by atoms with E-state index in [1.165, 1.54) is 22.5 Å². The highest BCUT2D eigenvalue weighted by Gasteiger charge is 2.26. The third kappa shape index (κ3) is 4.51. The van der Waals surface area contributed by atoms with Crippen LogP contribution in [0.25, 0.3) is 0 Å². The van der Waals surface area contributed by atoms with E-state index in [1.54, 1.807) is 0 Å². The van der Waals surface area contributed by atoms with Crippen molar-refractivity contribution in [3.63, 3.8) is 0 Å². The summed E-state index contributed by atoms with van der Waals surface area (Å²) in [5.41, 5.74) is 0. The topological polar surface area (TPSA) is 40.6 Å². The molecule has 4 nitrogen and oxygen atoms in total. The number of halogens is 2. The number of benzene rings is 1. The Hall–Kier alpha value is -0.500. The van der Waals surface area contributed by atoms with E-state index in [0.717, 1.165) is 0 Å². The van der Waals surface area contributed by atoms with Crippen LogP contribution < -0.4 is 0 Å². The average molecular weight is 367 g/mol. The van der Waals surface area contributed by atoms with E-state index >= 15 is 0 Å². The molecular weight excluding hydrogens is 347 g/mol. The van der Waals surface area contributed by atoms with Crippen LogP contribution in [0, 0.1) is 5.82 Å². The standard InChI is InChI=1S/C13H20BrFN2O2S/c1-4-7-17(9-8-16(2)3)20(18,19)13-6-5-11(14)10-12(13)15/h5-6,10H,4,7-9H2,1-3H3. The predicted molar refractivity (Wildman–Crippen MR) is 81.7 cm³/mol. The molecule has 0 amide bonds. The van der Waals surface area contributed by atoms with Crippen molar-refractivity contribution in [2.75, 3.05) is 33.7 Å². The van der Waals surface area contributed by atoms with Crippen molar-refractivity contribution in [3.05, 3.63) is 28.5 Å². The predicted octanol–water partition coefficient (Wildman–Crippen LogP) is 2.55. The van der Waals surface area contributed by atoms with Crippen LogP contribution in [0.4, 0.5) is 4.39 Å². The fraction of sp³-hybridized carbons (Fsp3) is 0.538. The Bertz CT molecular complexity index is 549. The summed E-state index contributed by atoms with van der Waals surface area (Å²) in [6, 6.07) is 4.00. The number of likely N-dealkylation sites (N-methyl/N-ethyl adjacent to an activating group) is 1. The molecule has 0 unspecified atom stereocenters. The summed E-state index contributed by atoms with van der Waals surface area (Å²) in [7, 11) is -0.0515. The molecule has 1 rings (SSSR count). The summed E-state index contributed by atoms with van der Waals surface area (Å²) < 4.78 is 40.8. The van der Waals surface area contributed by atoms with Gasteiger partial charge in [0.1, 0.15) is 10.7 Å². The first-order valence-corrected chi connectivity index (χ1v) is 8.62. The molecule has 20 heavy (non-hydrogen) atoms. The van der Waals surface area contributed by atoms with Crippen LogP contribution in [0.1, 0.15) is 13.3 Å². The van der Waals surface area contributed by atoms with E-state index in [4.69, 9.17) is 0 Å². The summed E-state index contributed by atoms with van der Waals surface area (Å²) in [6.07, 6.45) is 0.685. The first-order chi connectivity index (χ1) is 9.28. The van der Waals surface area contributed by atoms with Gasteiger partial charge in [-0.05, 0) is 38.7 Å². The monoisotopic (exact) mass is 366 g/mol. The minimum Gasteiger partial charge on any atom is -0.308 e. The van der Waals surface area contributed by atoms with E-state index in [-0.39, 0.29) is 4.90 Å². The van der Waals surface area contributed by atoms with Crippen LogP contribution in [-0.2, 0) is 10.0 Å². The maximum atomic E-state index is 13.9. The quantitative estimate of drug-likeness (QED) is 0.744. The maximum Gasteiger partial charge on any atom is 0.246 e. The number of hydrogen-bond donors (Lipinski definition) is 0. The largest absolute Gasteiger partial charge is 0.308 e. The Morgan fingerprint density at radius 3 is 2.35 bits per heavy atom. The Morgan fingerprint density at radius 1 is 1.20 bits per heavy atom. The smallest absolute Gasteiger partial charge is 0.246 e. The fourth-order valence-corrected chi connectivity index (χ4v) is 3.64. The van der Waals surface area contributed by atoms with Crippen LogP contribution in [0.15, 0.2) is 27.6 Å². The molecule has 0 bridgehead atoms. The van der Waals surface area contributed by atoms with Gasteiger partial charge in [0.05, 0.1) is 0 Å². The van der Waals surface area contributed by atoms with Gasteiger partial charge in [-0.1, -0.05) is 22.9 Å². The molecule has 0 fully saturated rings. The third-order valence-electron chi connectivity index (χ3n) is 2.78. The number of hydrogen-bond acceptors (Lipinski definition) is 3. The summed E-state index contributed by atoms with van der Waals surface area (Å²) in [6.45, 7) is 3.22. The second-order valence-corrected chi connectivity index (χ2v) is 7.60. The van der Waals surface area contributed by atoms with Crippen molar-refractivity contribution < 1.29 is 12.8 Å². The van der Waals surface area contributed by atoms with Crippen molar-refractivity contribution in [2.45, 2.75) is 18.2 Å². The van der Waals surface area contributed by atoms with Gasteiger partial charge in [0.2, 0.25) is 10.0 Å². The molecule has 0 heterocycles. The molecule has 0 aliphatic carbocycles. The van der Waals surface area contributed by atoms with Crippen molar-refractivity contribution in [1.29, 1.82) is 0 Å². The molecule has 0 aromatic heterocycles. The molecule has 7 heteroatoms. The normalized spacial score (nSPS) is 12.3. The molecule has 114 valence electrons. The van der Waals surface area contributed by atoms with Crippen molar-refractivity contribution >= 4 is 26.0 Å².